The van der Waals surface area contributed by atoms with Crippen LogP contribution in [-0.2, 0) is 4.79 Å². The molecule has 0 amide bonds. The van der Waals surface area contributed by atoms with Crippen LogP contribution in [0.5, 0.6) is 5.88 Å². The second-order valence-electron chi connectivity index (χ2n) is 5.29. The summed E-state index contributed by atoms with van der Waals surface area (Å²) in [6, 6.07) is 16.1. The molecule has 4 aromatic rings. The molecule has 0 aliphatic rings. The van der Waals surface area contributed by atoms with Gasteiger partial charge in [-0.2, -0.15) is 10.1 Å². The minimum atomic E-state index is 0.268. The van der Waals surface area contributed by atoms with Gasteiger partial charge in [0, 0.05) is 23.7 Å². The first kappa shape index (κ1) is 15.3. The first-order valence-electron chi connectivity index (χ1n) is 7.62. The van der Waals surface area contributed by atoms with Crippen LogP contribution in [0.4, 0.5) is 5.69 Å². The number of carbonyl (C=O) groups is 1. The van der Waals surface area contributed by atoms with Crippen LogP contribution in [0, 0.1) is 0 Å². The van der Waals surface area contributed by atoms with Crippen molar-refractivity contribution < 1.29 is 9.53 Å². The smallest absolute Gasteiger partial charge is 0.299 e. The summed E-state index contributed by atoms with van der Waals surface area (Å²) in [5.41, 5.74) is 3.82. The molecule has 0 unspecified atom stereocenters. The summed E-state index contributed by atoms with van der Waals surface area (Å²) in [5.74, 6) is 0.268. The lowest BCUT2D eigenvalue weighted by Crippen LogP contribution is -1.97. The summed E-state index contributed by atoms with van der Waals surface area (Å²) in [7, 11) is 1.87. The van der Waals surface area contributed by atoms with E-state index in [1.54, 1.807) is 10.1 Å². The van der Waals surface area contributed by atoms with Crippen LogP contribution in [0.25, 0.3) is 27.3 Å². The van der Waals surface area contributed by atoms with Crippen molar-refractivity contribution in [2.45, 2.75) is 0 Å². The van der Waals surface area contributed by atoms with Gasteiger partial charge in [-0.1, -0.05) is 41.7 Å². The number of anilines is 1. The standard InChI is InChI=1S/C18H14N4O2S/c1-19-13-7-8-14-15(9-13)22(18-20-16(10-25-18)24-11-23)21-17(14)12-5-3-2-4-6-12/h2-11,19H,1H3. The van der Waals surface area contributed by atoms with Gasteiger partial charge in [0.1, 0.15) is 5.69 Å². The Kier molecular flexibility index (Phi) is 3.91. The molecule has 7 heteroatoms. The quantitative estimate of drug-likeness (QED) is 0.556. The second-order valence-corrected chi connectivity index (χ2v) is 6.13. The lowest BCUT2D eigenvalue weighted by molar-refractivity contribution is -0.120. The van der Waals surface area contributed by atoms with Crippen LogP contribution in [0.2, 0.25) is 0 Å². The van der Waals surface area contributed by atoms with E-state index in [0.29, 0.717) is 11.6 Å². The maximum absolute atomic E-state index is 10.5. The molecule has 2 aromatic carbocycles. The van der Waals surface area contributed by atoms with Crippen molar-refractivity contribution in [2.75, 3.05) is 12.4 Å². The largest absolute Gasteiger partial charge is 0.409 e. The van der Waals surface area contributed by atoms with Crippen molar-refractivity contribution in [2.24, 2.45) is 0 Å². The minimum Gasteiger partial charge on any atom is -0.409 e. The number of rotatable bonds is 5. The lowest BCUT2D eigenvalue weighted by Gasteiger charge is -2.02. The Bertz CT molecular complexity index is 1040. The van der Waals surface area contributed by atoms with Crippen LogP contribution < -0.4 is 10.1 Å². The number of benzene rings is 2. The molecule has 25 heavy (non-hydrogen) atoms. The molecular formula is C18H14N4O2S. The molecule has 2 heterocycles. The number of fused-ring (bicyclic) bond motifs is 1. The maximum Gasteiger partial charge on any atom is 0.299 e. The average Bonchev–Trinajstić information content (AvgIpc) is 3.26. The van der Waals surface area contributed by atoms with Gasteiger partial charge in [0.15, 0.2) is 0 Å². The van der Waals surface area contributed by atoms with Gasteiger partial charge < -0.3 is 10.1 Å². The molecule has 6 nitrogen and oxygen atoms in total. The summed E-state index contributed by atoms with van der Waals surface area (Å²) >= 11 is 1.36. The van der Waals surface area contributed by atoms with Crippen LogP contribution in [-0.4, -0.2) is 28.3 Å². The highest BCUT2D eigenvalue weighted by Gasteiger charge is 2.16. The van der Waals surface area contributed by atoms with E-state index in [9.17, 15) is 4.79 Å². The highest BCUT2D eigenvalue weighted by Crippen LogP contribution is 2.32. The Balaban J connectivity index is 1.94. The molecule has 1 N–H and O–H groups in total. The van der Waals surface area contributed by atoms with Crippen molar-refractivity contribution in [3.8, 4) is 22.3 Å². The molecule has 0 bridgehead atoms. The van der Waals surface area contributed by atoms with E-state index < -0.39 is 0 Å². The molecule has 0 saturated carbocycles. The summed E-state index contributed by atoms with van der Waals surface area (Å²) < 4.78 is 6.60. The Hall–Kier alpha value is -3.19. The Morgan fingerprint density at radius 2 is 2.04 bits per heavy atom. The summed E-state index contributed by atoms with van der Waals surface area (Å²) in [6.45, 7) is 0.370. The van der Waals surface area contributed by atoms with Crippen LogP contribution >= 0.6 is 11.3 Å². The monoisotopic (exact) mass is 350 g/mol. The van der Waals surface area contributed by atoms with Crippen molar-refractivity contribution >= 4 is 34.4 Å². The van der Waals surface area contributed by atoms with Crippen molar-refractivity contribution in [3.05, 3.63) is 53.9 Å². The molecule has 0 atom stereocenters. The molecule has 0 aliphatic heterocycles. The molecule has 0 spiro atoms. The fourth-order valence-corrected chi connectivity index (χ4v) is 3.37. The van der Waals surface area contributed by atoms with Gasteiger partial charge >= 0.3 is 0 Å². The highest BCUT2D eigenvalue weighted by molar-refractivity contribution is 7.12. The number of nitrogens with zero attached hydrogens (tertiary/aromatic N) is 3. The number of carbonyl (C=O) groups excluding carboxylic acids is 1. The van der Waals surface area contributed by atoms with E-state index in [0.717, 1.165) is 27.8 Å². The number of hydrogen-bond acceptors (Lipinski definition) is 6. The first-order valence-corrected chi connectivity index (χ1v) is 8.50. The lowest BCUT2D eigenvalue weighted by atomic mass is 10.1. The third-order valence-electron chi connectivity index (χ3n) is 3.84. The van der Waals surface area contributed by atoms with Crippen molar-refractivity contribution in [1.82, 2.24) is 14.8 Å². The zero-order chi connectivity index (χ0) is 17.2. The van der Waals surface area contributed by atoms with Gasteiger partial charge in [-0.05, 0) is 18.2 Å². The second kappa shape index (κ2) is 6.37. The number of ether oxygens (including phenoxy) is 1. The average molecular weight is 350 g/mol. The molecule has 0 aliphatic carbocycles. The van der Waals surface area contributed by atoms with E-state index in [2.05, 4.69) is 10.3 Å². The fourth-order valence-electron chi connectivity index (χ4n) is 2.68. The van der Waals surface area contributed by atoms with Gasteiger partial charge in [-0.25, -0.2) is 4.68 Å². The van der Waals surface area contributed by atoms with Crippen molar-refractivity contribution in [3.63, 3.8) is 0 Å². The SMILES string of the molecule is CNc1ccc2c(-c3ccccc3)nn(-c3nc(OC=O)cs3)c2c1. The summed E-state index contributed by atoms with van der Waals surface area (Å²) in [6.07, 6.45) is 0. The minimum absolute atomic E-state index is 0.268. The van der Waals surface area contributed by atoms with Gasteiger partial charge in [0.2, 0.25) is 11.0 Å². The zero-order valence-electron chi connectivity index (χ0n) is 13.3. The molecule has 2 aromatic heterocycles. The van der Waals surface area contributed by atoms with E-state index in [1.807, 2.05) is 55.6 Å². The number of thiazole rings is 1. The molecule has 0 radical (unpaired) electrons. The van der Waals surface area contributed by atoms with Crippen LogP contribution in [0.15, 0.2) is 53.9 Å². The van der Waals surface area contributed by atoms with E-state index >= 15 is 0 Å². The van der Waals surface area contributed by atoms with Gasteiger partial charge in [0.05, 0.1) is 10.9 Å². The molecule has 0 saturated heterocycles. The van der Waals surface area contributed by atoms with E-state index in [-0.39, 0.29) is 5.88 Å². The molecule has 124 valence electrons. The predicted molar refractivity (Wildman–Crippen MR) is 98.4 cm³/mol. The first-order chi connectivity index (χ1) is 12.3. The van der Waals surface area contributed by atoms with E-state index in [1.165, 1.54) is 11.3 Å². The number of aromatic nitrogens is 3. The summed E-state index contributed by atoms with van der Waals surface area (Å²) in [4.78, 5) is 14.8. The highest BCUT2D eigenvalue weighted by atomic mass is 32.1. The van der Waals surface area contributed by atoms with E-state index in [4.69, 9.17) is 9.84 Å². The van der Waals surface area contributed by atoms with Gasteiger partial charge in [-0.15, -0.1) is 0 Å². The van der Waals surface area contributed by atoms with Gasteiger partial charge in [-0.3, -0.25) is 4.79 Å². The van der Waals surface area contributed by atoms with Crippen LogP contribution in [0.1, 0.15) is 0 Å². The number of hydrogen-bond donors (Lipinski definition) is 1. The Morgan fingerprint density at radius 1 is 1.20 bits per heavy atom. The normalized spacial score (nSPS) is 10.8. The van der Waals surface area contributed by atoms with Crippen LogP contribution in [0.3, 0.4) is 0 Å². The summed E-state index contributed by atoms with van der Waals surface area (Å²) in [5, 5.41) is 11.3. The molecule has 0 fully saturated rings. The Labute approximate surface area is 147 Å². The molecular weight excluding hydrogens is 336 g/mol. The molecule has 4 rings (SSSR count). The zero-order valence-corrected chi connectivity index (χ0v) is 14.2. The number of nitrogens with one attached hydrogen (secondary N) is 1. The van der Waals surface area contributed by atoms with Gasteiger partial charge in [0.25, 0.3) is 6.47 Å². The maximum atomic E-state index is 10.5. The third kappa shape index (κ3) is 2.74. The topological polar surface area (TPSA) is 69.0 Å². The van der Waals surface area contributed by atoms with Crippen molar-refractivity contribution in [1.29, 1.82) is 0 Å². The predicted octanol–water partition coefficient (Wildman–Crippen LogP) is 3.73. The fraction of sp³-hybridized carbons (Fsp3) is 0.0556. The Morgan fingerprint density at radius 3 is 2.80 bits per heavy atom. The third-order valence-corrected chi connectivity index (χ3v) is 4.63.